The van der Waals surface area contributed by atoms with Gasteiger partial charge in [-0.3, -0.25) is 0 Å². The summed E-state index contributed by atoms with van der Waals surface area (Å²) >= 11 is 5.85. The largest absolute Gasteiger partial charge is 0.310 e. The molecule has 0 bridgehead atoms. The molecule has 16 heavy (non-hydrogen) atoms. The molecule has 4 heteroatoms. The molecular weight excluding hydrogens is 222 g/mol. The minimum Gasteiger partial charge on any atom is -0.310 e. The van der Waals surface area contributed by atoms with Crippen LogP contribution in [0, 0.1) is 0 Å². The SMILES string of the molecule is CCCn1c(CCl)nnc1-c1ccccc1. The second-order valence-electron chi connectivity index (χ2n) is 3.59. The van der Waals surface area contributed by atoms with Crippen LogP contribution in [0.2, 0.25) is 0 Å². The molecule has 0 N–H and O–H groups in total. The minimum atomic E-state index is 0.403. The first-order chi connectivity index (χ1) is 7.86. The Morgan fingerprint density at radius 2 is 1.94 bits per heavy atom. The zero-order valence-electron chi connectivity index (χ0n) is 9.23. The Morgan fingerprint density at radius 3 is 2.56 bits per heavy atom. The molecule has 2 rings (SSSR count). The maximum atomic E-state index is 5.85. The van der Waals surface area contributed by atoms with Gasteiger partial charge in [0.05, 0.1) is 5.88 Å². The molecule has 0 saturated carbocycles. The van der Waals surface area contributed by atoms with Crippen molar-refractivity contribution in [1.29, 1.82) is 0 Å². The summed E-state index contributed by atoms with van der Waals surface area (Å²) in [5, 5.41) is 8.31. The normalized spacial score (nSPS) is 10.6. The van der Waals surface area contributed by atoms with Gasteiger partial charge in [0, 0.05) is 12.1 Å². The first kappa shape index (κ1) is 11.1. The average molecular weight is 236 g/mol. The molecule has 0 atom stereocenters. The van der Waals surface area contributed by atoms with Gasteiger partial charge in [0.25, 0.3) is 0 Å². The number of nitrogens with zero attached hydrogens (tertiary/aromatic N) is 3. The van der Waals surface area contributed by atoms with Crippen molar-refractivity contribution in [3.63, 3.8) is 0 Å². The Kier molecular flexibility index (Phi) is 3.57. The fourth-order valence-electron chi connectivity index (χ4n) is 1.69. The van der Waals surface area contributed by atoms with Gasteiger partial charge in [-0.15, -0.1) is 21.8 Å². The number of aromatic nitrogens is 3. The summed E-state index contributed by atoms with van der Waals surface area (Å²) in [5.74, 6) is 2.14. The van der Waals surface area contributed by atoms with Crippen LogP contribution >= 0.6 is 11.6 Å². The Bertz CT molecular complexity index is 451. The van der Waals surface area contributed by atoms with Gasteiger partial charge in [-0.1, -0.05) is 37.3 Å². The van der Waals surface area contributed by atoms with Gasteiger partial charge in [-0.2, -0.15) is 0 Å². The van der Waals surface area contributed by atoms with E-state index in [4.69, 9.17) is 11.6 Å². The molecule has 0 aliphatic heterocycles. The fourth-order valence-corrected chi connectivity index (χ4v) is 1.89. The van der Waals surface area contributed by atoms with E-state index in [-0.39, 0.29) is 0 Å². The number of alkyl halides is 1. The second kappa shape index (κ2) is 5.12. The number of benzene rings is 1. The van der Waals surface area contributed by atoms with Crippen LogP contribution in [0.25, 0.3) is 11.4 Å². The third-order valence-corrected chi connectivity index (χ3v) is 2.67. The summed E-state index contributed by atoms with van der Waals surface area (Å²) in [7, 11) is 0. The predicted molar refractivity (Wildman–Crippen MR) is 65.3 cm³/mol. The van der Waals surface area contributed by atoms with E-state index in [1.54, 1.807) is 0 Å². The van der Waals surface area contributed by atoms with Crippen molar-refractivity contribution in [2.75, 3.05) is 0 Å². The van der Waals surface area contributed by atoms with E-state index < -0.39 is 0 Å². The molecule has 1 heterocycles. The topological polar surface area (TPSA) is 30.7 Å². The maximum absolute atomic E-state index is 5.85. The van der Waals surface area contributed by atoms with Gasteiger partial charge in [-0.05, 0) is 6.42 Å². The molecule has 2 aromatic rings. The molecule has 84 valence electrons. The summed E-state index contributed by atoms with van der Waals surface area (Å²) in [5.41, 5.74) is 1.08. The van der Waals surface area contributed by atoms with Crippen molar-refractivity contribution in [2.45, 2.75) is 25.8 Å². The number of hydrogen-bond acceptors (Lipinski definition) is 2. The van der Waals surface area contributed by atoms with Crippen molar-refractivity contribution < 1.29 is 0 Å². The van der Waals surface area contributed by atoms with Crippen LogP contribution in [0.1, 0.15) is 19.2 Å². The Hall–Kier alpha value is -1.35. The van der Waals surface area contributed by atoms with Crippen LogP contribution in [-0.2, 0) is 12.4 Å². The molecule has 3 nitrogen and oxygen atoms in total. The van der Waals surface area contributed by atoms with Crippen molar-refractivity contribution in [1.82, 2.24) is 14.8 Å². The molecule has 0 fully saturated rings. The molecule has 1 aromatic carbocycles. The first-order valence-electron chi connectivity index (χ1n) is 5.40. The number of rotatable bonds is 4. The predicted octanol–water partition coefficient (Wildman–Crippen LogP) is 3.09. The number of halogens is 1. The minimum absolute atomic E-state index is 0.403. The van der Waals surface area contributed by atoms with E-state index in [1.807, 2.05) is 30.3 Å². The molecule has 0 aliphatic carbocycles. The van der Waals surface area contributed by atoms with Crippen LogP contribution in [0.4, 0.5) is 0 Å². The van der Waals surface area contributed by atoms with Crippen molar-refractivity contribution in [3.8, 4) is 11.4 Å². The van der Waals surface area contributed by atoms with Gasteiger partial charge in [0.15, 0.2) is 5.82 Å². The van der Waals surface area contributed by atoms with Gasteiger partial charge in [0.1, 0.15) is 5.82 Å². The van der Waals surface area contributed by atoms with Gasteiger partial charge in [-0.25, -0.2) is 0 Å². The quantitative estimate of drug-likeness (QED) is 0.763. The highest BCUT2D eigenvalue weighted by atomic mass is 35.5. The summed E-state index contributed by atoms with van der Waals surface area (Å²) in [6.07, 6.45) is 1.04. The Labute approximate surface area is 100 Å². The molecule has 0 spiro atoms. The molecule has 0 saturated heterocycles. The van der Waals surface area contributed by atoms with E-state index >= 15 is 0 Å². The van der Waals surface area contributed by atoms with Crippen molar-refractivity contribution in [3.05, 3.63) is 36.2 Å². The molecule has 0 unspecified atom stereocenters. The van der Waals surface area contributed by atoms with Crippen LogP contribution in [-0.4, -0.2) is 14.8 Å². The Balaban J connectivity index is 2.44. The maximum Gasteiger partial charge on any atom is 0.163 e. The first-order valence-corrected chi connectivity index (χ1v) is 5.93. The Morgan fingerprint density at radius 1 is 1.19 bits per heavy atom. The van der Waals surface area contributed by atoms with E-state index in [2.05, 4.69) is 21.7 Å². The molecule has 0 radical (unpaired) electrons. The average Bonchev–Trinajstić information content (AvgIpc) is 2.74. The molecule has 0 aliphatic rings. The van der Waals surface area contributed by atoms with Crippen LogP contribution in [0.5, 0.6) is 0 Å². The lowest BCUT2D eigenvalue weighted by Crippen LogP contribution is -2.03. The zero-order chi connectivity index (χ0) is 11.4. The lowest BCUT2D eigenvalue weighted by atomic mass is 10.2. The highest BCUT2D eigenvalue weighted by Gasteiger charge is 2.11. The third kappa shape index (κ3) is 2.09. The third-order valence-electron chi connectivity index (χ3n) is 2.43. The summed E-state index contributed by atoms with van der Waals surface area (Å²) < 4.78 is 2.09. The van der Waals surface area contributed by atoms with Gasteiger partial charge in [0.2, 0.25) is 0 Å². The summed E-state index contributed by atoms with van der Waals surface area (Å²) in [6.45, 7) is 3.03. The van der Waals surface area contributed by atoms with Crippen LogP contribution in [0.15, 0.2) is 30.3 Å². The lowest BCUT2D eigenvalue weighted by Gasteiger charge is -2.07. The second-order valence-corrected chi connectivity index (χ2v) is 3.86. The highest BCUT2D eigenvalue weighted by Crippen LogP contribution is 2.19. The molecular formula is C12H14ClN3. The van der Waals surface area contributed by atoms with Crippen molar-refractivity contribution in [2.24, 2.45) is 0 Å². The smallest absolute Gasteiger partial charge is 0.163 e. The van der Waals surface area contributed by atoms with Gasteiger partial charge < -0.3 is 4.57 Å². The zero-order valence-corrected chi connectivity index (χ0v) is 9.98. The van der Waals surface area contributed by atoms with Crippen LogP contribution in [0.3, 0.4) is 0 Å². The van der Waals surface area contributed by atoms with Gasteiger partial charge >= 0.3 is 0 Å². The summed E-state index contributed by atoms with van der Waals surface area (Å²) in [4.78, 5) is 0. The monoisotopic (exact) mass is 235 g/mol. The van der Waals surface area contributed by atoms with Crippen LogP contribution < -0.4 is 0 Å². The highest BCUT2D eigenvalue weighted by molar-refractivity contribution is 6.16. The van der Waals surface area contributed by atoms with E-state index in [0.29, 0.717) is 5.88 Å². The standard InChI is InChI=1S/C12H14ClN3/c1-2-8-16-11(9-13)14-15-12(16)10-6-4-3-5-7-10/h3-7H,2,8-9H2,1H3. The van der Waals surface area contributed by atoms with E-state index in [9.17, 15) is 0 Å². The molecule has 0 amide bonds. The van der Waals surface area contributed by atoms with E-state index in [1.165, 1.54) is 0 Å². The summed E-state index contributed by atoms with van der Waals surface area (Å²) in [6, 6.07) is 10.1. The van der Waals surface area contributed by atoms with E-state index in [0.717, 1.165) is 30.2 Å². The lowest BCUT2D eigenvalue weighted by molar-refractivity contribution is 0.659. The van der Waals surface area contributed by atoms with Crippen molar-refractivity contribution >= 4 is 11.6 Å². The molecule has 1 aromatic heterocycles. The number of hydrogen-bond donors (Lipinski definition) is 0. The fraction of sp³-hybridized carbons (Fsp3) is 0.333.